The second kappa shape index (κ2) is 6.15. The predicted octanol–water partition coefficient (Wildman–Crippen LogP) is 3.72. The highest BCUT2D eigenvalue weighted by Gasteiger charge is 2.25. The van der Waals surface area contributed by atoms with E-state index in [1.165, 1.54) is 7.11 Å². The molecule has 0 aliphatic heterocycles. The van der Waals surface area contributed by atoms with Crippen molar-refractivity contribution in [3.05, 3.63) is 45.1 Å². The molecule has 0 radical (unpaired) electrons. The van der Waals surface area contributed by atoms with Crippen molar-refractivity contribution in [3.63, 3.8) is 0 Å². The highest BCUT2D eigenvalue weighted by atomic mass is 16.5. The maximum absolute atomic E-state index is 12.0. The second-order valence-corrected chi connectivity index (χ2v) is 6.13. The molecular formula is C19H23NO4. The average Bonchev–Trinajstić information content (AvgIpc) is 2.83. The van der Waals surface area contributed by atoms with Crippen molar-refractivity contribution >= 4 is 11.9 Å². The molecule has 0 saturated heterocycles. The number of methoxy groups -OCH3 is 1. The maximum atomic E-state index is 12.0. The van der Waals surface area contributed by atoms with E-state index in [2.05, 4.69) is 0 Å². The van der Waals surface area contributed by atoms with Crippen molar-refractivity contribution in [1.29, 1.82) is 0 Å². The first-order valence-corrected chi connectivity index (χ1v) is 7.72. The fourth-order valence-electron chi connectivity index (χ4n) is 3.16. The first-order valence-electron chi connectivity index (χ1n) is 7.72. The van der Waals surface area contributed by atoms with Gasteiger partial charge in [0.1, 0.15) is 0 Å². The Morgan fingerprint density at radius 3 is 2.04 bits per heavy atom. The number of carbonyl (C=O) groups is 2. The standard InChI is InChI=1S/C19H23NO4/c1-9-10(2)12(4)17(18(21)22)16(11(9)3)15-8-14(19(23)24-7)13(5)20(15)6/h8H,1-7H3,(H,21,22). The normalized spacial score (nSPS) is 10.8. The minimum Gasteiger partial charge on any atom is -0.478 e. The quantitative estimate of drug-likeness (QED) is 0.872. The molecule has 0 bridgehead atoms. The van der Waals surface area contributed by atoms with Crippen LogP contribution >= 0.6 is 0 Å². The van der Waals surface area contributed by atoms with Gasteiger partial charge in [-0.15, -0.1) is 0 Å². The van der Waals surface area contributed by atoms with Gasteiger partial charge >= 0.3 is 11.9 Å². The third-order valence-corrected chi connectivity index (χ3v) is 5.10. The van der Waals surface area contributed by atoms with E-state index in [0.717, 1.165) is 27.9 Å². The number of aromatic carboxylic acids is 1. The molecule has 0 spiro atoms. The van der Waals surface area contributed by atoms with Crippen molar-refractivity contribution in [2.45, 2.75) is 34.6 Å². The van der Waals surface area contributed by atoms with Crippen LogP contribution in [0.4, 0.5) is 0 Å². The third kappa shape index (κ3) is 2.50. The number of esters is 1. The molecule has 0 amide bonds. The van der Waals surface area contributed by atoms with Crippen LogP contribution in [-0.4, -0.2) is 28.7 Å². The number of carboxylic acids is 1. The summed E-state index contributed by atoms with van der Waals surface area (Å²) >= 11 is 0. The van der Waals surface area contributed by atoms with Gasteiger partial charge in [0.15, 0.2) is 0 Å². The Morgan fingerprint density at radius 2 is 1.54 bits per heavy atom. The van der Waals surface area contributed by atoms with Crippen molar-refractivity contribution in [3.8, 4) is 11.3 Å². The van der Waals surface area contributed by atoms with Crippen LogP contribution in [0.15, 0.2) is 6.07 Å². The van der Waals surface area contributed by atoms with Gasteiger partial charge in [0.05, 0.1) is 18.2 Å². The van der Waals surface area contributed by atoms with Gasteiger partial charge < -0.3 is 14.4 Å². The summed E-state index contributed by atoms with van der Waals surface area (Å²) in [6.45, 7) is 9.49. The van der Waals surface area contributed by atoms with E-state index in [-0.39, 0.29) is 5.56 Å². The van der Waals surface area contributed by atoms with Crippen LogP contribution in [-0.2, 0) is 11.8 Å². The molecular weight excluding hydrogens is 306 g/mol. The molecule has 1 heterocycles. The van der Waals surface area contributed by atoms with E-state index in [4.69, 9.17) is 4.74 Å². The molecule has 2 aromatic rings. The lowest BCUT2D eigenvalue weighted by molar-refractivity contribution is 0.0599. The first-order chi connectivity index (χ1) is 11.1. The number of nitrogens with zero attached hydrogens (tertiary/aromatic N) is 1. The first kappa shape index (κ1) is 17.8. The van der Waals surface area contributed by atoms with Crippen LogP contribution in [0, 0.1) is 34.6 Å². The molecule has 0 atom stereocenters. The zero-order valence-corrected chi connectivity index (χ0v) is 15.2. The molecule has 24 heavy (non-hydrogen) atoms. The SMILES string of the molecule is COC(=O)c1cc(-c2c(C)c(C)c(C)c(C)c2C(=O)O)n(C)c1C. The van der Waals surface area contributed by atoms with Crippen LogP contribution < -0.4 is 0 Å². The lowest BCUT2D eigenvalue weighted by atomic mass is 9.87. The summed E-state index contributed by atoms with van der Waals surface area (Å²) in [5.41, 5.74) is 6.53. The van der Waals surface area contributed by atoms with E-state index in [1.807, 2.05) is 46.2 Å². The largest absolute Gasteiger partial charge is 0.478 e. The summed E-state index contributed by atoms with van der Waals surface area (Å²) < 4.78 is 6.67. The molecule has 0 saturated carbocycles. The fourth-order valence-corrected chi connectivity index (χ4v) is 3.16. The highest BCUT2D eigenvalue weighted by Crippen LogP contribution is 2.36. The zero-order chi connectivity index (χ0) is 18.3. The van der Waals surface area contributed by atoms with Crippen LogP contribution in [0.3, 0.4) is 0 Å². The van der Waals surface area contributed by atoms with Crippen LogP contribution in [0.2, 0.25) is 0 Å². The Kier molecular flexibility index (Phi) is 4.56. The molecule has 1 aromatic heterocycles. The van der Waals surface area contributed by atoms with Crippen LogP contribution in [0.1, 0.15) is 48.7 Å². The van der Waals surface area contributed by atoms with Gasteiger partial charge in [-0.3, -0.25) is 0 Å². The average molecular weight is 329 g/mol. The lowest BCUT2D eigenvalue weighted by Gasteiger charge is -2.19. The topological polar surface area (TPSA) is 68.5 Å². The van der Waals surface area contributed by atoms with Gasteiger partial charge in [-0.1, -0.05) is 0 Å². The number of hydrogen-bond acceptors (Lipinski definition) is 3. The molecule has 0 unspecified atom stereocenters. The number of aromatic nitrogens is 1. The summed E-state index contributed by atoms with van der Waals surface area (Å²) in [5, 5.41) is 9.77. The van der Waals surface area contributed by atoms with Crippen molar-refractivity contribution < 1.29 is 19.4 Å². The van der Waals surface area contributed by atoms with Gasteiger partial charge in [0.25, 0.3) is 0 Å². The molecule has 2 rings (SSSR count). The Bertz CT molecular complexity index is 859. The minimum atomic E-state index is -0.966. The van der Waals surface area contributed by atoms with Gasteiger partial charge in [-0.25, -0.2) is 9.59 Å². The lowest BCUT2D eigenvalue weighted by Crippen LogP contribution is -2.10. The van der Waals surface area contributed by atoms with E-state index >= 15 is 0 Å². The fraction of sp³-hybridized carbons (Fsp3) is 0.368. The Balaban J connectivity index is 2.93. The van der Waals surface area contributed by atoms with E-state index in [9.17, 15) is 14.7 Å². The predicted molar refractivity (Wildman–Crippen MR) is 92.8 cm³/mol. The number of rotatable bonds is 3. The smallest absolute Gasteiger partial charge is 0.339 e. The van der Waals surface area contributed by atoms with E-state index < -0.39 is 11.9 Å². The zero-order valence-electron chi connectivity index (χ0n) is 15.2. The molecule has 0 aliphatic carbocycles. The third-order valence-electron chi connectivity index (χ3n) is 5.10. The summed E-state index contributed by atoms with van der Waals surface area (Å²) in [6.07, 6.45) is 0. The van der Waals surface area contributed by atoms with Crippen LogP contribution in [0.5, 0.6) is 0 Å². The molecule has 0 fully saturated rings. The van der Waals surface area contributed by atoms with Gasteiger partial charge in [0.2, 0.25) is 0 Å². The van der Waals surface area contributed by atoms with Gasteiger partial charge in [0, 0.05) is 24.0 Å². The Labute approximate surface area is 141 Å². The van der Waals surface area contributed by atoms with E-state index in [1.54, 1.807) is 6.07 Å². The number of carbonyl (C=O) groups excluding carboxylic acids is 1. The number of benzene rings is 1. The molecule has 5 heteroatoms. The summed E-state index contributed by atoms with van der Waals surface area (Å²) in [7, 11) is 3.16. The summed E-state index contributed by atoms with van der Waals surface area (Å²) in [4.78, 5) is 23.9. The maximum Gasteiger partial charge on any atom is 0.339 e. The minimum absolute atomic E-state index is 0.285. The van der Waals surface area contributed by atoms with Crippen molar-refractivity contribution in [2.24, 2.45) is 7.05 Å². The van der Waals surface area contributed by atoms with Crippen LogP contribution in [0.25, 0.3) is 11.3 Å². The van der Waals surface area contributed by atoms with Crippen molar-refractivity contribution in [1.82, 2.24) is 4.57 Å². The molecule has 1 aromatic carbocycles. The monoisotopic (exact) mass is 329 g/mol. The van der Waals surface area contributed by atoms with Gasteiger partial charge in [-0.05, 0) is 62.9 Å². The molecule has 1 N–H and O–H groups in total. The van der Waals surface area contributed by atoms with Crippen molar-refractivity contribution in [2.75, 3.05) is 7.11 Å². The summed E-state index contributed by atoms with van der Waals surface area (Å²) in [6, 6.07) is 1.71. The summed E-state index contributed by atoms with van der Waals surface area (Å²) in [5.74, 6) is -1.39. The molecule has 0 aliphatic rings. The number of hydrogen-bond donors (Lipinski definition) is 1. The highest BCUT2D eigenvalue weighted by molar-refractivity contribution is 6.00. The molecule has 5 nitrogen and oxygen atoms in total. The Morgan fingerprint density at radius 1 is 1.00 bits per heavy atom. The van der Waals surface area contributed by atoms with Gasteiger partial charge in [-0.2, -0.15) is 0 Å². The number of carboxylic acid groups (broad SMARTS) is 1. The second-order valence-electron chi connectivity index (χ2n) is 6.13. The Hall–Kier alpha value is -2.56. The molecule has 128 valence electrons. The number of ether oxygens (including phenoxy) is 1. The van der Waals surface area contributed by atoms with E-state index in [0.29, 0.717) is 16.8 Å².